The van der Waals surface area contributed by atoms with Crippen molar-refractivity contribution in [1.82, 2.24) is 10.2 Å². The molecule has 1 aliphatic rings. The summed E-state index contributed by atoms with van der Waals surface area (Å²) in [7, 11) is 1.45. The smallest absolute Gasteiger partial charge is 0.252 e. The first-order valence-corrected chi connectivity index (χ1v) is 11.3. The van der Waals surface area contributed by atoms with Crippen molar-refractivity contribution < 1.29 is 19.1 Å². The average Bonchev–Trinajstić information content (AvgIpc) is 2.86. The maximum Gasteiger partial charge on any atom is 0.252 e. The summed E-state index contributed by atoms with van der Waals surface area (Å²) in [5.41, 5.74) is 8.91. The molecule has 2 atom stereocenters. The number of nitrogens with two attached hydrogens (primary N) is 1. The van der Waals surface area contributed by atoms with Gasteiger partial charge in [0.05, 0.1) is 19.3 Å². The van der Waals surface area contributed by atoms with Gasteiger partial charge in [-0.05, 0) is 54.5 Å². The Balaban J connectivity index is 1.53. The van der Waals surface area contributed by atoms with E-state index >= 15 is 0 Å². The van der Waals surface area contributed by atoms with Gasteiger partial charge in [0.15, 0.2) is 0 Å². The standard InChI is InChI=1S/C27H31N3O4/c1-20(33-2)25(26(28)31)29-27(32)24-13-11-22(12-14-24)6-4-3-5-21-7-9-23(10-8-21)19-30-15-17-34-18-16-30/h3,5,7-14,20,25H,15-19H2,1-2H3,(H2,28,31)(H,29,32)/b5-3+/t20-,25+/m1/s1. The topological polar surface area (TPSA) is 93.9 Å². The molecule has 0 spiro atoms. The Morgan fingerprint density at radius 1 is 1.15 bits per heavy atom. The number of carbonyl (C=O) groups is 2. The Morgan fingerprint density at radius 2 is 1.82 bits per heavy atom. The molecule has 2 aromatic rings. The number of carbonyl (C=O) groups excluding carboxylic acids is 2. The molecule has 0 unspecified atom stereocenters. The predicted octanol–water partition coefficient (Wildman–Crippen LogP) is 2.20. The highest BCUT2D eigenvalue weighted by Gasteiger charge is 2.25. The number of hydrogen-bond donors (Lipinski definition) is 2. The Morgan fingerprint density at radius 3 is 2.44 bits per heavy atom. The van der Waals surface area contributed by atoms with Crippen LogP contribution >= 0.6 is 0 Å². The minimum absolute atomic E-state index is 0.399. The van der Waals surface area contributed by atoms with Gasteiger partial charge >= 0.3 is 0 Å². The van der Waals surface area contributed by atoms with Crippen LogP contribution in [0.3, 0.4) is 0 Å². The Bertz CT molecular complexity index is 1050. The van der Waals surface area contributed by atoms with Crippen molar-refractivity contribution in [2.45, 2.75) is 25.6 Å². The van der Waals surface area contributed by atoms with Gasteiger partial charge < -0.3 is 20.5 Å². The van der Waals surface area contributed by atoms with Gasteiger partial charge in [-0.2, -0.15) is 0 Å². The van der Waals surface area contributed by atoms with Crippen molar-refractivity contribution in [2.24, 2.45) is 5.73 Å². The average molecular weight is 462 g/mol. The summed E-state index contributed by atoms with van der Waals surface area (Å²) in [5.74, 6) is 5.02. The summed E-state index contributed by atoms with van der Waals surface area (Å²) in [6, 6.07) is 14.4. The summed E-state index contributed by atoms with van der Waals surface area (Å²) in [6.07, 6.45) is 3.24. The lowest BCUT2D eigenvalue weighted by Crippen LogP contribution is -2.51. The van der Waals surface area contributed by atoms with Crippen LogP contribution in [0.1, 0.15) is 34.0 Å². The molecule has 2 amide bonds. The zero-order valence-corrected chi connectivity index (χ0v) is 19.6. The second-order valence-electron chi connectivity index (χ2n) is 8.10. The van der Waals surface area contributed by atoms with E-state index in [9.17, 15) is 9.59 Å². The number of primary amides is 1. The minimum atomic E-state index is -0.907. The summed E-state index contributed by atoms with van der Waals surface area (Å²) >= 11 is 0. The number of allylic oxidation sites excluding steroid dienone is 1. The Labute approximate surface area is 200 Å². The number of morpholine rings is 1. The highest BCUT2D eigenvalue weighted by molar-refractivity contribution is 5.97. The molecule has 0 bridgehead atoms. The molecule has 3 N–H and O–H groups in total. The number of rotatable bonds is 8. The normalized spacial score (nSPS) is 15.8. The lowest BCUT2D eigenvalue weighted by Gasteiger charge is -2.26. The monoisotopic (exact) mass is 461 g/mol. The van der Waals surface area contributed by atoms with E-state index in [1.165, 1.54) is 12.7 Å². The highest BCUT2D eigenvalue weighted by atomic mass is 16.5. The lowest BCUT2D eigenvalue weighted by atomic mass is 10.1. The number of benzene rings is 2. The second kappa shape index (κ2) is 12.7. The van der Waals surface area contributed by atoms with E-state index in [2.05, 4.69) is 46.3 Å². The zero-order chi connectivity index (χ0) is 24.3. The molecule has 7 heteroatoms. The molecule has 0 aliphatic carbocycles. The molecular formula is C27H31N3O4. The highest BCUT2D eigenvalue weighted by Crippen LogP contribution is 2.10. The fourth-order valence-corrected chi connectivity index (χ4v) is 3.50. The maximum absolute atomic E-state index is 12.4. The van der Waals surface area contributed by atoms with Gasteiger partial charge in [-0.15, -0.1) is 0 Å². The lowest BCUT2D eigenvalue weighted by molar-refractivity contribution is -0.122. The van der Waals surface area contributed by atoms with Gasteiger partial charge in [0.25, 0.3) is 5.91 Å². The molecule has 34 heavy (non-hydrogen) atoms. The van der Waals surface area contributed by atoms with E-state index in [0.717, 1.165) is 44.0 Å². The third-order valence-corrected chi connectivity index (χ3v) is 5.65. The molecule has 1 saturated heterocycles. The summed E-state index contributed by atoms with van der Waals surface area (Å²) in [5, 5.41) is 2.61. The summed E-state index contributed by atoms with van der Waals surface area (Å²) < 4.78 is 10.5. The van der Waals surface area contributed by atoms with Gasteiger partial charge in [-0.25, -0.2) is 0 Å². The second-order valence-corrected chi connectivity index (χ2v) is 8.10. The van der Waals surface area contributed by atoms with Crippen LogP contribution in [0, 0.1) is 11.8 Å². The van der Waals surface area contributed by atoms with Crippen LogP contribution in [0.15, 0.2) is 54.6 Å². The number of ether oxygens (including phenoxy) is 2. The number of nitrogens with one attached hydrogen (secondary N) is 1. The van der Waals surface area contributed by atoms with Crippen molar-refractivity contribution in [1.29, 1.82) is 0 Å². The van der Waals surface area contributed by atoms with E-state index in [1.807, 2.05) is 6.08 Å². The van der Waals surface area contributed by atoms with Crippen molar-refractivity contribution in [2.75, 3.05) is 33.4 Å². The molecule has 1 heterocycles. The van der Waals surface area contributed by atoms with Gasteiger partial charge in [-0.1, -0.05) is 36.1 Å². The number of nitrogens with zero attached hydrogens (tertiary/aromatic N) is 1. The molecular weight excluding hydrogens is 430 g/mol. The number of methoxy groups -OCH3 is 1. The van der Waals surface area contributed by atoms with E-state index in [1.54, 1.807) is 37.3 Å². The van der Waals surface area contributed by atoms with E-state index in [4.69, 9.17) is 15.2 Å². The Kier molecular flexibility index (Phi) is 9.41. The first-order chi connectivity index (χ1) is 16.5. The van der Waals surface area contributed by atoms with Gasteiger partial charge in [0.1, 0.15) is 6.04 Å². The van der Waals surface area contributed by atoms with Crippen molar-refractivity contribution in [3.63, 3.8) is 0 Å². The van der Waals surface area contributed by atoms with Crippen LogP contribution in [0.2, 0.25) is 0 Å². The van der Waals surface area contributed by atoms with Crippen LogP contribution < -0.4 is 11.1 Å². The molecule has 1 aliphatic heterocycles. The van der Waals surface area contributed by atoms with Crippen LogP contribution in [-0.4, -0.2) is 62.3 Å². The molecule has 0 radical (unpaired) electrons. The van der Waals surface area contributed by atoms with E-state index < -0.39 is 24.0 Å². The van der Waals surface area contributed by atoms with Crippen molar-refractivity contribution in [3.05, 3.63) is 76.9 Å². The quantitative estimate of drug-likeness (QED) is 0.588. The third kappa shape index (κ3) is 7.56. The van der Waals surface area contributed by atoms with Crippen LogP contribution in [0.4, 0.5) is 0 Å². The third-order valence-electron chi connectivity index (χ3n) is 5.65. The first kappa shape index (κ1) is 25.2. The SMILES string of the molecule is CO[C@H](C)[C@H](NC(=O)c1ccc(C#C/C=C/c2ccc(CN3CCOCC3)cc2)cc1)C(N)=O. The van der Waals surface area contributed by atoms with Crippen LogP contribution in [0.25, 0.3) is 6.08 Å². The minimum Gasteiger partial charge on any atom is -0.379 e. The van der Waals surface area contributed by atoms with Gasteiger partial charge in [0.2, 0.25) is 5.91 Å². The predicted molar refractivity (Wildman–Crippen MR) is 132 cm³/mol. The fourth-order valence-electron chi connectivity index (χ4n) is 3.50. The van der Waals surface area contributed by atoms with Crippen LogP contribution in [-0.2, 0) is 20.8 Å². The molecule has 2 aromatic carbocycles. The molecule has 1 fully saturated rings. The van der Waals surface area contributed by atoms with Crippen molar-refractivity contribution in [3.8, 4) is 11.8 Å². The summed E-state index contributed by atoms with van der Waals surface area (Å²) in [6.45, 7) is 6.17. The molecule has 3 rings (SSSR count). The van der Waals surface area contributed by atoms with Gasteiger partial charge in [0, 0.05) is 37.9 Å². The Hall–Kier alpha value is -3.44. The molecule has 7 nitrogen and oxygen atoms in total. The van der Waals surface area contributed by atoms with Crippen molar-refractivity contribution >= 4 is 17.9 Å². The maximum atomic E-state index is 12.4. The van der Waals surface area contributed by atoms with Crippen LogP contribution in [0.5, 0.6) is 0 Å². The molecule has 178 valence electrons. The zero-order valence-electron chi connectivity index (χ0n) is 19.6. The van der Waals surface area contributed by atoms with E-state index in [-0.39, 0.29) is 0 Å². The number of hydrogen-bond acceptors (Lipinski definition) is 5. The largest absolute Gasteiger partial charge is 0.379 e. The fraction of sp³-hybridized carbons (Fsp3) is 0.333. The number of amides is 2. The van der Waals surface area contributed by atoms with E-state index in [0.29, 0.717) is 5.56 Å². The summed E-state index contributed by atoms with van der Waals surface area (Å²) in [4.78, 5) is 26.4. The molecule has 0 saturated carbocycles. The first-order valence-electron chi connectivity index (χ1n) is 11.3. The van der Waals surface area contributed by atoms with Gasteiger partial charge in [-0.3, -0.25) is 14.5 Å². The molecule has 0 aromatic heterocycles.